The van der Waals surface area contributed by atoms with Crippen LogP contribution in [0.3, 0.4) is 0 Å². The van der Waals surface area contributed by atoms with Crippen LogP contribution in [0.2, 0.25) is 0 Å². The number of carbonyl (C=O) groups excluding carboxylic acids is 2. The summed E-state index contributed by atoms with van der Waals surface area (Å²) in [6.45, 7) is 1.58. The zero-order valence-electron chi connectivity index (χ0n) is 10.1. The minimum absolute atomic E-state index is 0.00926. The van der Waals surface area contributed by atoms with Crippen LogP contribution in [-0.2, 0) is 9.59 Å². The third-order valence-electron chi connectivity index (χ3n) is 2.91. The maximum Gasteiger partial charge on any atom is 0.239 e. The first-order valence-electron chi connectivity index (χ1n) is 5.84. The first-order valence-corrected chi connectivity index (χ1v) is 5.84. The molecule has 0 spiro atoms. The van der Waals surface area contributed by atoms with Crippen molar-refractivity contribution < 1.29 is 9.59 Å². The molecule has 16 heavy (non-hydrogen) atoms. The van der Waals surface area contributed by atoms with E-state index in [1.54, 1.807) is 19.0 Å². The second kappa shape index (κ2) is 6.48. The highest BCUT2D eigenvalue weighted by molar-refractivity contribution is 5.82. The molecule has 0 aromatic rings. The molecule has 2 amide bonds. The summed E-state index contributed by atoms with van der Waals surface area (Å²) in [7, 11) is 3.42. The van der Waals surface area contributed by atoms with Gasteiger partial charge in [-0.1, -0.05) is 0 Å². The predicted octanol–water partition coefficient (Wildman–Crippen LogP) is -0.277. The van der Waals surface area contributed by atoms with Crippen molar-refractivity contribution in [2.24, 2.45) is 0 Å². The van der Waals surface area contributed by atoms with E-state index in [1.807, 2.05) is 0 Å². The second-order valence-electron chi connectivity index (χ2n) is 4.19. The fourth-order valence-electron chi connectivity index (χ4n) is 1.87. The summed E-state index contributed by atoms with van der Waals surface area (Å²) in [5, 5.41) is 5.75. The van der Waals surface area contributed by atoms with Crippen molar-refractivity contribution >= 4 is 11.8 Å². The molecule has 1 unspecified atom stereocenters. The Balaban J connectivity index is 2.20. The number of carbonyl (C=O) groups is 2. The van der Waals surface area contributed by atoms with Gasteiger partial charge in [-0.2, -0.15) is 0 Å². The molecule has 1 aliphatic heterocycles. The van der Waals surface area contributed by atoms with Gasteiger partial charge in [0.25, 0.3) is 0 Å². The summed E-state index contributed by atoms with van der Waals surface area (Å²) in [5.41, 5.74) is 0. The summed E-state index contributed by atoms with van der Waals surface area (Å²) < 4.78 is 0. The Bertz CT molecular complexity index is 250. The molecule has 0 saturated carbocycles. The highest BCUT2D eigenvalue weighted by atomic mass is 16.2. The molecular formula is C11H21N3O2. The van der Waals surface area contributed by atoms with Crippen LogP contribution < -0.4 is 10.6 Å². The topological polar surface area (TPSA) is 61.4 Å². The van der Waals surface area contributed by atoms with E-state index in [9.17, 15) is 9.59 Å². The second-order valence-corrected chi connectivity index (χ2v) is 4.19. The van der Waals surface area contributed by atoms with Crippen molar-refractivity contribution in [3.05, 3.63) is 0 Å². The summed E-state index contributed by atoms with van der Waals surface area (Å²) in [6.07, 6.45) is 3.20. The number of hydrogen-bond donors (Lipinski definition) is 2. The lowest BCUT2D eigenvalue weighted by Crippen LogP contribution is -2.42. The zero-order chi connectivity index (χ0) is 12.0. The van der Waals surface area contributed by atoms with Crippen LogP contribution >= 0.6 is 0 Å². The third kappa shape index (κ3) is 3.81. The Morgan fingerprint density at radius 2 is 2.25 bits per heavy atom. The van der Waals surface area contributed by atoms with Crippen molar-refractivity contribution in [1.82, 2.24) is 15.5 Å². The first kappa shape index (κ1) is 13.0. The molecule has 5 nitrogen and oxygen atoms in total. The van der Waals surface area contributed by atoms with E-state index in [0.29, 0.717) is 19.4 Å². The average Bonchev–Trinajstić information content (AvgIpc) is 2.81. The van der Waals surface area contributed by atoms with E-state index < -0.39 is 0 Å². The standard InChI is InChI=1S/C11H21N3O2/c1-12-10(15)6-4-8-14(2)11(16)9-5-3-7-13-9/h9,13H,3-8H2,1-2H3,(H,12,15). The number of amides is 2. The molecular weight excluding hydrogens is 206 g/mol. The van der Waals surface area contributed by atoms with Crippen molar-refractivity contribution in [1.29, 1.82) is 0 Å². The van der Waals surface area contributed by atoms with Gasteiger partial charge in [-0.3, -0.25) is 9.59 Å². The smallest absolute Gasteiger partial charge is 0.239 e. The Labute approximate surface area is 96.6 Å². The quantitative estimate of drug-likeness (QED) is 0.679. The van der Waals surface area contributed by atoms with Gasteiger partial charge >= 0.3 is 0 Å². The normalized spacial score (nSPS) is 19.5. The molecule has 1 atom stereocenters. The van der Waals surface area contributed by atoms with E-state index >= 15 is 0 Å². The van der Waals surface area contributed by atoms with Crippen LogP contribution in [0.4, 0.5) is 0 Å². The maximum absolute atomic E-state index is 11.9. The SMILES string of the molecule is CNC(=O)CCCN(C)C(=O)C1CCCN1. The molecule has 1 fully saturated rings. The van der Waals surface area contributed by atoms with Crippen molar-refractivity contribution in [3.63, 3.8) is 0 Å². The van der Waals surface area contributed by atoms with Gasteiger partial charge < -0.3 is 15.5 Å². The summed E-state index contributed by atoms with van der Waals surface area (Å²) in [4.78, 5) is 24.6. The Morgan fingerprint density at radius 1 is 1.50 bits per heavy atom. The van der Waals surface area contributed by atoms with Gasteiger partial charge in [0.05, 0.1) is 6.04 Å². The molecule has 0 bridgehead atoms. The van der Waals surface area contributed by atoms with Crippen LogP contribution in [0.1, 0.15) is 25.7 Å². The predicted molar refractivity (Wildman–Crippen MR) is 62.0 cm³/mol. The van der Waals surface area contributed by atoms with Crippen LogP contribution in [-0.4, -0.2) is 49.9 Å². The van der Waals surface area contributed by atoms with Gasteiger partial charge in [-0.15, -0.1) is 0 Å². The number of hydrogen-bond acceptors (Lipinski definition) is 3. The van der Waals surface area contributed by atoms with E-state index in [4.69, 9.17) is 0 Å². The Hall–Kier alpha value is -1.10. The van der Waals surface area contributed by atoms with Gasteiger partial charge in [0.15, 0.2) is 0 Å². The fourth-order valence-corrected chi connectivity index (χ4v) is 1.87. The summed E-state index contributed by atoms with van der Waals surface area (Å²) in [5.74, 6) is 0.175. The summed E-state index contributed by atoms with van der Waals surface area (Å²) in [6, 6.07) is -0.00926. The van der Waals surface area contributed by atoms with Gasteiger partial charge in [0.2, 0.25) is 11.8 Å². The number of likely N-dealkylation sites (N-methyl/N-ethyl adjacent to an activating group) is 1. The molecule has 0 aliphatic carbocycles. The molecule has 0 radical (unpaired) electrons. The zero-order valence-corrected chi connectivity index (χ0v) is 10.1. The van der Waals surface area contributed by atoms with Gasteiger partial charge in [0.1, 0.15) is 0 Å². The Morgan fingerprint density at radius 3 is 2.81 bits per heavy atom. The van der Waals surface area contributed by atoms with Crippen molar-refractivity contribution in [3.8, 4) is 0 Å². The lowest BCUT2D eigenvalue weighted by molar-refractivity contribution is -0.132. The molecule has 5 heteroatoms. The largest absolute Gasteiger partial charge is 0.359 e. The monoisotopic (exact) mass is 227 g/mol. The molecule has 1 rings (SSSR count). The molecule has 0 aromatic heterocycles. The molecule has 0 aromatic carbocycles. The summed E-state index contributed by atoms with van der Waals surface area (Å²) >= 11 is 0. The maximum atomic E-state index is 11.9. The van der Waals surface area contributed by atoms with Gasteiger partial charge in [0, 0.05) is 27.1 Å². The number of nitrogens with one attached hydrogen (secondary N) is 2. The molecule has 92 valence electrons. The lowest BCUT2D eigenvalue weighted by Gasteiger charge is -2.20. The van der Waals surface area contributed by atoms with Gasteiger partial charge in [-0.25, -0.2) is 0 Å². The minimum atomic E-state index is -0.00926. The van der Waals surface area contributed by atoms with E-state index in [1.165, 1.54) is 0 Å². The van der Waals surface area contributed by atoms with Crippen molar-refractivity contribution in [2.75, 3.05) is 27.2 Å². The van der Waals surface area contributed by atoms with E-state index in [-0.39, 0.29) is 17.9 Å². The molecule has 1 aliphatic rings. The molecule has 1 saturated heterocycles. The average molecular weight is 227 g/mol. The van der Waals surface area contributed by atoms with Gasteiger partial charge in [-0.05, 0) is 25.8 Å². The van der Waals surface area contributed by atoms with Crippen LogP contribution in [0.5, 0.6) is 0 Å². The van der Waals surface area contributed by atoms with Crippen molar-refractivity contribution in [2.45, 2.75) is 31.7 Å². The first-order chi connectivity index (χ1) is 7.65. The lowest BCUT2D eigenvalue weighted by atomic mass is 10.2. The Kier molecular flexibility index (Phi) is 5.25. The molecule has 2 N–H and O–H groups in total. The highest BCUT2D eigenvalue weighted by Crippen LogP contribution is 2.08. The number of rotatable bonds is 5. The highest BCUT2D eigenvalue weighted by Gasteiger charge is 2.24. The molecule has 1 heterocycles. The fraction of sp³-hybridized carbons (Fsp3) is 0.818. The third-order valence-corrected chi connectivity index (χ3v) is 2.91. The van der Waals surface area contributed by atoms with E-state index in [0.717, 1.165) is 19.4 Å². The number of nitrogens with zero attached hydrogens (tertiary/aromatic N) is 1. The van der Waals surface area contributed by atoms with Crippen LogP contribution in [0.25, 0.3) is 0 Å². The van der Waals surface area contributed by atoms with E-state index in [2.05, 4.69) is 10.6 Å². The van der Waals surface area contributed by atoms with Crippen LogP contribution in [0.15, 0.2) is 0 Å². The minimum Gasteiger partial charge on any atom is -0.359 e. The van der Waals surface area contributed by atoms with Crippen LogP contribution in [0, 0.1) is 0 Å².